The molecule has 1 nitrogen and oxygen atoms in total. The first-order valence-corrected chi connectivity index (χ1v) is 6.80. The summed E-state index contributed by atoms with van der Waals surface area (Å²) in [5, 5.41) is 3.70. The van der Waals surface area contributed by atoms with Gasteiger partial charge in [0.05, 0.1) is 0 Å². The summed E-state index contributed by atoms with van der Waals surface area (Å²) in [6.07, 6.45) is 13.2. The zero-order valence-electron chi connectivity index (χ0n) is 10.5. The summed E-state index contributed by atoms with van der Waals surface area (Å²) in [7, 11) is 0. The summed E-state index contributed by atoms with van der Waals surface area (Å²) >= 11 is 0. The van der Waals surface area contributed by atoms with Crippen molar-refractivity contribution in [3.63, 3.8) is 0 Å². The van der Waals surface area contributed by atoms with E-state index in [1.54, 1.807) is 5.57 Å². The minimum Gasteiger partial charge on any atom is -0.310 e. The molecular formula is C14H27N. The van der Waals surface area contributed by atoms with Crippen LogP contribution < -0.4 is 5.32 Å². The highest BCUT2D eigenvalue weighted by Crippen LogP contribution is 2.23. The number of unbranched alkanes of at least 4 members (excludes halogenated alkanes) is 2. The molecule has 1 atom stereocenters. The van der Waals surface area contributed by atoms with E-state index < -0.39 is 0 Å². The Morgan fingerprint density at radius 3 is 2.73 bits per heavy atom. The zero-order valence-corrected chi connectivity index (χ0v) is 10.5. The number of allylic oxidation sites excluding steroid dienone is 1. The molecule has 0 saturated carbocycles. The Bertz CT molecular complexity index is 184. The minimum absolute atomic E-state index is 0.694. The average molecular weight is 209 g/mol. The Kier molecular flexibility index (Phi) is 6.74. The molecular weight excluding hydrogens is 182 g/mol. The van der Waals surface area contributed by atoms with Crippen molar-refractivity contribution in [2.24, 2.45) is 0 Å². The first kappa shape index (κ1) is 12.8. The normalized spacial score (nSPS) is 17.9. The summed E-state index contributed by atoms with van der Waals surface area (Å²) in [6.45, 7) is 5.70. The van der Waals surface area contributed by atoms with Crippen molar-refractivity contribution >= 4 is 0 Å². The lowest BCUT2D eigenvalue weighted by Crippen LogP contribution is -2.31. The predicted molar refractivity (Wildman–Crippen MR) is 68.2 cm³/mol. The van der Waals surface area contributed by atoms with Gasteiger partial charge in [0.15, 0.2) is 0 Å². The molecule has 1 aliphatic carbocycles. The SMILES string of the molecule is CCCCCC(NCCC)C1=CCCC1. The third kappa shape index (κ3) is 4.83. The van der Waals surface area contributed by atoms with Gasteiger partial charge in [-0.1, -0.05) is 44.8 Å². The second-order valence-corrected chi connectivity index (χ2v) is 4.67. The number of hydrogen-bond donors (Lipinski definition) is 1. The fourth-order valence-electron chi connectivity index (χ4n) is 2.35. The van der Waals surface area contributed by atoms with E-state index in [1.165, 1.54) is 57.9 Å². The molecule has 1 N–H and O–H groups in total. The molecule has 0 spiro atoms. The van der Waals surface area contributed by atoms with E-state index in [1.807, 2.05) is 0 Å². The summed E-state index contributed by atoms with van der Waals surface area (Å²) in [5.41, 5.74) is 1.69. The lowest BCUT2D eigenvalue weighted by Gasteiger charge is -2.20. The van der Waals surface area contributed by atoms with Gasteiger partial charge in [-0.2, -0.15) is 0 Å². The van der Waals surface area contributed by atoms with Gasteiger partial charge in [0, 0.05) is 6.04 Å². The van der Waals surface area contributed by atoms with Crippen LogP contribution in [-0.2, 0) is 0 Å². The first-order valence-electron chi connectivity index (χ1n) is 6.80. The van der Waals surface area contributed by atoms with E-state index in [0.29, 0.717) is 6.04 Å². The molecule has 0 aromatic rings. The van der Waals surface area contributed by atoms with Gasteiger partial charge in [0.1, 0.15) is 0 Å². The van der Waals surface area contributed by atoms with Crippen LogP contribution in [-0.4, -0.2) is 12.6 Å². The van der Waals surface area contributed by atoms with Crippen molar-refractivity contribution in [3.05, 3.63) is 11.6 Å². The van der Waals surface area contributed by atoms with Crippen LogP contribution in [0.25, 0.3) is 0 Å². The molecule has 0 aliphatic heterocycles. The summed E-state index contributed by atoms with van der Waals surface area (Å²) in [5.74, 6) is 0. The third-order valence-electron chi connectivity index (χ3n) is 3.26. The van der Waals surface area contributed by atoms with Crippen LogP contribution in [0.5, 0.6) is 0 Å². The Hall–Kier alpha value is -0.300. The van der Waals surface area contributed by atoms with Crippen LogP contribution in [0.15, 0.2) is 11.6 Å². The van der Waals surface area contributed by atoms with Crippen molar-refractivity contribution < 1.29 is 0 Å². The molecule has 15 heavy (non-hydrogen) atoms. The van der Waals surface area contributed by atoms with Gasteiger partial charge in [-0.15, -0.1) is 0 Å². The number of nitrogens with one attached hydrogen (secondary N) is 1. The maximum absolute atomic E-state index is 3.70. The van der Waals surface area contributed by atoms with Crippen molar-refractivity contribution in [2.45, 2.75) is 71.3 Å². The van der Waals surface area contributed by atoms with Crippen LogP contribution in [0.2, 0.25) is 0 Å². The first-order chi connectivity index (χ1) is 7.38. The van der Waals surface area contributed by atoms with E-state index in [9.17, 15) is 0 Å². The minimum atomic E-state index is 0.694. The summed E-state index contributed by atoms with van der Waals surface area (Å²) in [4.78, 5) is 0. The molecule has 0 aromatic carbocycles. The maximum Gasteiger partial charge on any atom is 0.0279 e. The van der Waals surface area contributed by atoms with Crippen molar-refractivity contribution in [1.29, 1.82) is 0 Å². The van der Waals surface area contributed by atoms with Crippen LogP contribution in [0, 0.1) is 0 Å². The Morgan fingerprint density at radius 2 is 2.13 bits per heavy atom. The summed E-state index contributed by atoms with van der Waals surface area (Å²) < 4.78 is 0. The van der Waals surface area contributed by atoms with Gasteiger partial charge < -0.3 is 5.32 Å². The Labute approximate surface area is 95.3 Å². The second kappa shape index (κ2) is 7.92. The van der Waals surface area contributed by atoms with Gasteiger partial charge in [-0.25, -0.2) is 0 Å². The molecule has 0 fully saturated rings. The maximum atomic E-state index is 3.70. The zero-order chi connectivity index (χ0) is 10.9. The molecule has 0 radical (unpaired) electrons. The van der Waals surface area contributed by atoms with Gasteiger partial charge in [-0.3, -0.25) is 0 Å². The fourth-order valence-corrected chi connectivity index (χ4v) is 2.35. The van der Waals surface area contributed by atoms with Gasteiger partial charge in [-0.05, 0) is 38.6 Å². The van der Waals surface area contributed by atoms with Crippen LogP contribution in [0.1, 0.15) is 65.2 Å². The molecule has 88 valence electrons. The lowest BCUT2D eigenvalue weighted by atomic mass is 10.00. The van der Waals surface area contributed by atoms with E-state index in [4.69, 9.17) is 0 Å². The third-order valence-corrected chi connectivity index (χ3v) is 3.26. The molecule has 0 bridgehead atoms. The van der Waals surface area contributed by atoms with E-state index >= 15 is 0 Å². The van der Waals surface area contributed by atoms with Gasteiger partial charge in [0.2, 0.25) is 0 Å². The molecule has 1 aliphatic rings. The topological polar surface area (TPSA) is 12.0 Å². The molecule has 0 saturated heterocycles. The highest BCUT2D eigenvalue weighted by atomic mass is 14.9. The van der Waals surface area contributed by atoms with Crippen LogP contribution >= 0.6 is 0 Å². The lowest BCUT2D eigenvalue weighted by molar-refractivity contribution is 0.497. The fraction of sp³-hybridized carbons (Fsp3) is 0.857. The van der Waals surface area contributed by atoms with E-state index in [-0.39, 0.29) is 0 Å². The van der Waals surface area contributed by atoms with Crippen LogP contribution in [0.4, 0.5) is 0 Å². The van der Waals surface area contributed by atoms with E-state index in [2.05, 4.69) is 25.2 Å². The average Bonchev–Trinajstić information content (AvgIpc) is 2.76. The van der Waals surface area contributed by atoms with E-state index in [0.717, 1.165) is 0 Å². The smallest absolute Gasteiger partial charge is 0.0279 e. The van der Waals surface area contributed by atoms with Crippen molar-refractivity contribution in [2.75, 3.05) is 6.54 Å². The Morgan fingerprint density at radius 1 is 1.27 bits per heavy atom. The van der Waals surface area contributed by atoms with Crippen molar-refractivity contribution in [3.8, 4) is 0 Å². The monoisotopic (exact) mass is 209 g/mol. The molecule has 1 unspecified atom stereocenters. The molecule has 0 aromatic heterocycles. The standard InChI is InChI=1S/C14H27N/c1-3-5-6-11-14(15-12-4-2)13-9-7-8-10-13/h9,14-15H,3-8,10-12H2,1-2H3. The molecule has 0 amide bonds. The highest BCUT2D eigenvalue weighted by molar-refractivity contribution is 5.15. The van der Waals surface area contributed by atoms with Crippen molar-refractivity contribution in [1.82, 2.24) is 5.32 Å². The molecule has 1 rings (SSSR count). The largest absolute Gasteiger partial charge is 0.310 e. The highest BCUT2D eigenvalue weighted by Gasteiger charge is 2.15. The quantitative estimate of drug-likeness (QED) is 0.470. The van der Waals surface area contributed by atoms with Crippen LogP contribution in [0.3, 0.4) is 0 Å². The predicted octanol–water partition coefficient (Wildman–Crippen LogP) is 4.05. The molecule has 0 heterocycles. The number of hydrogen-bond acceptors (Lipinski definition) is 1. The van der Waals surface area contributed by atoms with Gasteiger partial charge in [0.25, 0.3) is 0 Å². The summed E-state index contributed by atoms with van der Waals surface area (Å²) in [6, 6.07) is 0.694. The Balaban J connectivity index is 2.30. The molecule has 1 heteroatoms. The van der Waals surface area contributed by atoms with Gasteiger partial charge >= 0.3 is 0 Å². The number of rotatable bonds is 8. The second-order valence-electron chi connectivity index (χ2n) is 4.67.